The lowest BCUT2D eigenvalue weighted by Crippen LogP contribution is -2.49. The van der Waals surface area contributed by atoms with E-state index in [4.69, 9.17) is 5.73 Å². The van der Waals surface area contributed by atoms with E-state index >= 15 is 0 Å². The van der Waals surface area contributed by atoms with Crippen molar-refractivity contribution in [2.45, 2.75) is 26.9 Å². The third-order valence-electron chi connectivity index (χ3n) is 5.63. The summed E-state index contributed by atoms with van der Waals surface area (Å²) in [6.45, 7) is 8.32. The van der Waals surface area contributed by atoms with Crippen LogP contribution in [0.5, 0.6) is 0 Å². The van der Waals surface area contributed by atoms with Gasteiger partial charge in [-0.05, 0) is 69.4 Å². The lowest BCUT2D eigenvalue weighted by atomic mass is 9.87. The number of benzene rings is 2. The van der Waals surface area contributed by atoms with Gasteiger partial charge in [-0.2, -0.15) is 0 Å². The number of aryl methyl sites for hydroxylation is 1. The molecule has 1 aliphatic carbocycles. The first-order chi connectivity index (χ1) is 13.3. The van der Waals surface area contributed by atoms with Gasteiger partial charge in [0.2, 0.25) is 5.91 Å². The number of fused-ring (bicyclic) bond motifs is 2. The maximum Gasteiger partial charge on any atom is 0.243 e. The molecule has 1 aliphatic heterocycles. The molecule has 0 fully saturated rings. The van der Waals surface area contributed by atoms with Gasteiger partial charge in [0.1, 0.15) is 8.07 Å². The molecule has 0 saturated heterocycles. The van der Waals surface area contributed by atoms with Crippen LogP contribution in [0.1, 0.15) is 23.6 Å². The van der Waals surface area contributed by atoms with Crippen LogP contribution in [-0.4, -0.2) is 19.7 Å². The van der Waals surface area contributed by atoms with Gasteiger partial charge in [-0.1, -0.05) is 49.5 Å². The first-order valence-electron chi connectivity index (χ1n) is 9.49. The molecule has 3 nitrogen and oxygen atoms in total. The molecule has 140 valence electrons. The Kier molecular flexibility index (Phi) is 4.31. The molecular formula is C24H24N2OSi. The number of amides is 1. The van der Waals surface area contributed by atoms with Crippen LogP contribution >= 0.6 is 0 Å². The Morgan fingerprint density at radius 1 is 1.04 bits per heavy atom. The van der Waals surface area contributed by atoms with Crippen LogP contribution < -0.4 is 10.9 Å². The molecule has 2 aromatic rings. The molecule has 0 saturated carbocycles. The van der Waals surface area contributed by atoms with E-state index in [1.165, 1.54) is 45.1 Å². The van der Waals surface area contributed by atoms with E-state index in [2.05, 4.69) is 73.6 Å². The second-order valence-corrected chi connectivity index (χ2v) is 12.3. The third kappa shape index (κ3) is 2.90. The average molecular weight is 385 g/mol. The predicted octanol–water partition coefficient (Wildman–Crippen LogP) is 4.33. The molecule has 1 amide bonds. The Labute approximate surface area is 167 Å². The smallest absolute Gasteiger partial charge is 0.243 e. The van der Waals surface area contributed by atoms with Crippen molar-refractivity contribution in [3.05, 3.63) is 88.2 Å². The summed E-state index contributed by atoms with van der Waals surface area (Å²) >= 11 is 0. The Bertz CT molecular complexity index is 1130. The second kappa shape index (κ2) is 6.57. The number of nitrogens with two attached hydrogens (primary N) is 1. The Hall–Kier alpha value is -2.98. The first-order valence-corrected chi connectivity index (χ1v) is 12.5. The van der Waals surface area contributed by atoms with Crippen molar-refractivity contribution < 1.29 is 4.79 Å². The highest BCUT2D eigenvalue weighted by Gasteiger charge is 2.39. The minimum atomic E-state index is -2.01. The molecule has 1 heterocycles. The fraction of sp³-hybridized carbons (Fsp3) is 0.167. The quantitative estimate of drug-likeness (QED) is 0.588. The highest BCUT2D eigenvalue weighted by Crippen LogP contribution is 2.42. The number of carbonyl (C=O) groups is 1. The monoisotopic (exact) mass is 384 g/mol. The van der Waals surface area contributed by atoms with Crippen molar-refractivity contribution in [3.8, 4) is 0 Å². The van der Waals surface area contributed by atoms with Gasteiger partial charge in [-0.25, -0.2) is 4.99 Å². The number of allylic oxidation sites excluding steroid dienone is 5. The van der Waals surface area contributed by atoms with Crippen molar-refractivity contribution in [2.75, 3.05) is 5.73 Å². The minimum Gasteiger partial charge on any atom is -0.399 e. The van der Waals surface area contributed by atoms with Gasteiger partial charge in [0.25, 0.3) is 0 Å². The van der Waals surface area contributed by atoms with Crippen LogP contribution in [0.2, 0.25) is 13.1 Å². The van der Waals surface area contributed by atoms with E-state index < -0.39 is 8.07 Å². The number of anilines is 1. The van der Waals surface area contributed by atoms with Gasteiger partial charge in [-0.15, -0.1) is 0 Å². The Morgan fingerprint density at radius 3 is 2.50 bits per heavy atom. The maximum atomic E-state index is 11.5. The first kappa shape index (κ1) is 18.4. The number of carbonyl (C=O) groups excluding carboxylic acids is 1. The van der Waals surface area contributed by atoms with Crippen LogP contribution in [0.3, 0.4) is 0 Å². The third-order valence-corrected chi connectivity index (χ3v) is 9.15. The molecule has 0 unspecified atom stereocenters. The normalized spacial score (nSPS) is 18.6. The standard InChI is InChI=1S/C24H24N2OSi/c1-15-7-5-6-8-19(15)24-20-11-9-17(25)13-22(20)28(3,4)23-14-18(26-16(2)27)10-12-21(23)24/h5-14H,25H2,1-4H3. The summed E-state index contributed by atoms with van der Waals surface area (Å²) in [5, 5.41) is 2.63. The second-order valence-electron chi connectivity index (χ2n) is 7.98. The highest BCUT2D eigenvalue weighted by molar-refractivity contribution is 6.98. The van der Waals surface area contributed by atoms with E-state index in [0.717, 1.165) is 11.4 Å². The van der Waals surface area contributed by atoms with E-state index in [9.17, 15) is 4.79 Å². The molecule has 2 aliphatic rings. The highest BCUT2D eigenvalue weighted by atomic mass is 28.3. The molecule has 0 aromatic heterocycles. The van der Waals surface area contributed by atoms with Gasteiger partial charge in [0.15, 0.2) is 0 Å². The number of nitrogen functional groups attached to an aromatic ring is 1. The Morgan fingerprint density at radius 2 is 1.79 bits per heavy atom. The van der Waals surface area contributed by atoms with Crippen molar-refractivity contribution in [1.82, 2.24) is 0 Å². The largest absolute Gasteiger partial charge is 0.399 e. The van der Waals surface area contributed by atoms with E-state index in [-0.39, 0.29) is 5.91 Å². The van der Waals surface area contributed by atoms with Crippen LogP contribution in [0, 0.1) is 6.92 Å². The van der Waals surface area contributed by atoms with Gasteiger partial charge >= 0.3 is 0 Å². The molecule has 0 atom stereocenters. The minimum absolute atomic E-state index is 0.178. The summed E-state index contributed by atoms with van der Waals surface area (Å²) in [5.41, 5.74) is 13.9. The molecule has 2 aromatic carbocycles. The van der Waals surface area contributed by atoms with Crippen molar-refractivity contribution in [1.29, 1.82) is 0 Å². The maximum absolute atomic E-state index is 11.5. The van der Waals surface area contributed by atoms with Crippen LogP contribution in [0.4, 0.5) is 5.69 Å². The number of aliphatic imine (C=N–C) groups is 1. The molecule has 0 bridgehead atoms. The molecule has 0 spiro atoms. The zero-order valence-electron chi connectivity index (χ0n) is 16.7. The lowest BCUT2D eigenvalue weighted by Gasteiger charge is -2.38. The van der Waals surface area contributed by atoms with Crippen molar-refractivity contribution in [3.63, 3.8) is 0 Å². The van der Waals surface area contributed by atoms with Gasteiger partial charge in [0.05, 0.1) is 5.71 Å². The van der Waals surface area contributed by atoms with Crippen molar-refractivity contribution in [2.24, 2.45) is 4.99 Å². The molecule has 28 heavy (non-hydrogen) atoms. The Balaban J connectivity index is 2.09. The number of hydrogen-bond donors (Lipinski definition) is 1. The number of hydrogen-bond acceptors (Lipinski definition) is 2. The van der Waals surface area contributed by atoms with Gasteiger partial charge < -0.3 is 5.73 Å². The van der Waals surface area contributed by atoms with Crippen molar-refractivity contribution >= 4 is 36.1 Å². The van der Waals surface area contributed by atoms with E-state index in [0.29, 0.717) is 0 Å². The van der Waals surface area contributed by atoms with E-state index in [1.807, 2.05) is 12.1 Å². The molecular weight excluding hydrogens is 360 g/mol. The summed E-state index contributed by atoms with van der Waals surface area (Å²) in [6, 6.07) is 14.8. The van der Waals surface area contributed by atoms with Crippen LogP contribution in [-0.2, 0) is 4.79 Å². The SMILES string of the molecule is CC(=O)N=C1C=CC2=C(c3ccccc3C)c3ccc(N)cc3[Si](C)(C)C2=C1. The molecule has 4 heteroatoms. The zero-order chi connectivity index (χ0) is 20.1. The average Bonchev–Trinajstić information content (AvgIpc) is 2.64. The number of rotatable bonds is 1. The van der Waals surface area contributed by atoms with Gasteiger partial charge in [0, 0.05) is 12.6 Å². The predicted molar refractivity (Wildman–Crippen MR) is 121 cm³/mol. The van der Waals surface area contributed by atoms with E-state index in [1.54, 1.807) is 0 Å². The van der Waals surface area contributed by atoms with Crippen LogP contribution in [0.25, 0.3) is 5.57 Å². The fourth-order valence-electron chi connectivity index (χ4n) is 4.25. The molecule has 2 N–H and O–H groups in total. The number of nitrogens with zero attached hydrogens (tertiary/aromatic N) is 1. The van der Waals surface area contributed by atoms with Crippen LogP contribution in [0.15, 0.2) is 76.5 Å². The topological polar surface area (TPSA) is 55.5 Å². The van der Waals surface area contributed by atoms with Gasteiger partial charge in [-0.3, -0.25) is 4.79 Å². The molecule has 0 radical (unpaired) electrons. The fourth-order valence-corrected chi connectivity index (χ4v) is 7.34. The summed E-state index contributed by atoms with van der Waals surface area (Å²) in [7, 11) is -2.01. The summed E-state index contributed by atoms with van der Waals surface area (Å²) in [5.74, 6) is -0.178. The molecule has 4 rings (SSSR count). The summed E-state index contributed by atoms with van der Waals surface area (Å²) in [4.78, 5) is 15.7. The lowest BCUT2D eigenvalue weighted by molar-refractivity contribution is -0.115. The zero-order valence-corrected chi connectivity index (χ0v) is 17.7. The summed E-state index contributed by atoms with van der Waals surface area (Å²) in [6.07, 6.45) is 6.19. The summed E-state index contributed by atoms with van der Waals surface area (Å²) < 4.78 is 0.